The van der Waals surface area contributed by atoms with Crippen LogP contribution in [0.5, 0.6) is 0 Å². The standard InChI is InChI=1S/C13H11N3O2S/c1-13(2,8-14)12-15-10(7-19-12)9-5-3-4-6-11(9)16(17)18/h3-7H,1-2H3. The SMILES string of the molecule is CC(C)(C#N)c1nc(-c2ccccc2[N+](=O)[O-])cs1. The van der Waals surface area contributed by atoms with Gasteiger partial charge in [-0.05, 0) is 19.9 Å². The summed E-state index contributed by atoms with van der Waals surface area (Å²) in [5, 5.41) is 22.5. The van der Waals surface area contributed by atoms with Crippen molar-refractivity contribution >= 4 is 17.0 Å². The van der Waals surface area contributed by atoms with Crippen LogP contribution in [0.25, 0.3) is 11.3 Å². The van der Waals surface area contributed by atoms with Crippen LogP contribution in [0.4, 0.5) is 5.69 Å². The Morgan fingerprint density at radius 1 is 1.42 bits per heavy atom. The number of hydrogen-bond donors (Lipinski definition) is 0. The summed E-state index contributed by atoms with van der Waals surface area (Å²) in [5.41, 5.74) is 0.348. The molecule has 0 aliphatic heterocycles. The molecule has 1 heterocycles. The molecule has 0 fully saturated rings. The fourth-order valence-electron chi connectivity index (χ4n) is 1.58. The molecule has 0 N–H and O–H groups in total. The molecule has 0 bridgehead atoms. The minimum atomic E-state index is -0.688. The minimum absolute atomic E-state index is 0.0223. The van der Waals surface area contributed by atoms with E-state index in [0.717, 1.165) is 0 Å². The third-order valence-corrected chi connectivity index (χ3v) is 3.86. The number of nitrogens with zero attached hydrogens (tertiary/aromatic N) is 3. The Hall–Kier alpha value is -2.26. The Balaban J connectivity index is 2.51. The van der Waals surface area contributed by atoms with Crippen molar-refractivity contribution < 1.29 is 4.92 Å². The van der Waals surface area contributed by atoms with Crippen molar-refractivity contribution in [3.63, 3.8) is 0 Å². The number of rotatable bonds is 3. The summed E-state index contributed by atoms with van der Waals surface area (Å²) < 4.78 is 0. The van der Waals surface area contributed by atoms with Gasteiger partial charge in [0.2, 0.25) is 0 Å². The molecule has 0 saturated carbocycles. The number of hydrogen-bond acceptors (Lipinski definition) is 5. The quantitative estimate of drug-likeness (QED) is 0.633. The van der Waals surface area contributed by atoms with E-state index in [9.17, 15) is 10.1 Å². The van der Waals surface area contributed by atoms with Crippen LogP contribution >= 0.6 is 11.3 Å². The number of nitro groups is 1. The predicted octanol–water partition coefficient (Wildman–Crippen LogP) is 3.52. The van der Waals surface area contributed by atoms with Crippen LogP contribution in [0.3, 0.4) is 0 Å². The van der Waals surface area contributed by atoms with E-state index in [2.05, 4.69) is 11.1 Å². The van der Waals surface area contributed by atoms with Gasteiger partial charge in [0.1, 0.15) is 10.4 Å². The summed E-state index contributed by atoms with van der Waals surface area (Å²) >= 11 is 1.34. The molecule has 6 heteroatoms. The molecular weight excluding hydrogens is 262 g/mol. The summed E-state index contributed by atoms with van der Waals surface area (Å²) in [5.74, 6) is 0. The highest BCUT2D eigenvalue weighted by atomic mass is 32.1. The van der Waals surface area contributed by atoms with E-state index in [1.54, 1.807) is 37.4 Å². The second kappa shape index (κ2) is 4.78. The van der Waals surface area contributed by atoms with Gasteiger partial charge in [0.15, 0.2) is 0 Å². The third kappa shape index (κ3) is 2.46. The average molecular weight is 273 g/mol. The van der Waals surface area contributed by atoms with Crippen LogP contribution in [-0.4, -0.2) is 9.91 Å². The first-order valence-electron chi connectivity index (χ1n) is 5.57. The molecule has 0 aliphatic carbocycles. The Labute approximate surface area is 114 Å². The molecule has 96 valence electrons. The molecule has 1 aromatic heterocycles. The van der Waals surface area contributed by atoms with Crippen LogP contribution in [-0.2, 0) is 5.41 Å². The van der Waals surface area contributed by atoms with Crippen molar-refractivity contribution in [2.45, 2.75) is 19.3 Å². The number of nitro benzene ring substituents is 1. The van der Waals surface area contributed by atoms with Crippen molar-refractivity contribution in [3.05, 3.63) is 44.8 Å². The summed E-state index contributed by atoms with van der Waals surface area (Å²) in [6.45, 7) is 3.55. The smallest absolute Gasteiger partial charge is 0.258 e. The van der Waals surface area contributed by atoms with Crippen LogP contribution in [0.2, 0.25) is 0 Å². The normalized spacial score (nSPS) is 11.0. The van der Waals surface area contributed by atoms with E-state index in [1.165, 1.54) is 17.4 Å². The van der Waals surface area contributed by atoms with E-state index in [1.807, 2.05) is 0 Å². The Kier molecular flexibility index (Phi) is 3.32. The summed E-state index contributed by atoms with van der Waals surface area (Å²) in [7, 11) is 0. The lowest BCUT2D eigenvalue weighted by atomic mass is 9.97. The molecule has 0 aliphatic rings. The van der Waals surface area contributed by atoms with Crippen molar-refractivity contribution in [3.8, 4) is 17.3 Å². The van der Waals surface area contributed by atoms with Crippen molar-refractivity contribution in [2.24, 2.45) is 0 Å². The van der Waals surface area contributed by atoms with Crippen LogP contribution in [0.15, 0.2) is 29.6 Å². The molecule has 2 aromatic rings. The second-order valence-corrected chi connectivity index (χ2v) is 5.41. The van der Waals surface area contributed by atoms with Gasteiger partial charge in [-0.3, -0.25) is 10.1 Å². The van der Waals surface area contributed by atoms with Gasteiger partial charge in [0, 0.05) is 11.4 Å². The van der Waals surface area contributed by atoms with Gasteiger partial charge >= 0.3 is 0 Å². The number of benzene rings is 1. The van der Waals surface area contributed by atoms with E-state index in [4.69, 9.17) is 5.26 Å². The molecule has 0 atom stereocenters. The lowest BCUT2D eigenvalue weighted by Crippen LogP contribution is -2.13. The number of nitriles is 1. The van der Waals surface area contributed by atoms with Gasteiger partial charge in [0.05, 0.1) is 22.2 Å². The topological polar surface area (TPSA) is 79.8 Å². The zero-order valence-electron chi connectivity index (χ0n) is 10.5. The lowest BCUT2D eigenvalue weighted by molar-refractivity contribution is -0.384. The molecule has 0 radical (unpaired) electrons. The Morgan fingerprint density at radius 3 is 2.74 bits per heavy atom. The maximum atomic E-state index is 11.0. The lowest BCUT2D eigenvalue weighted by Gasteiger charge is -2.09. The Bertz CT molecular complexity index is 671. The van der Waals surface area contributed by atoms with Gasteiger partial charge in [0.25, 0.3) is 5.69 Å². The first-order valence-corrected chi connectivity index (χ1v) is 6.45. The monoisotopic (exact) mass is 273 g/mol. The van der Waals surface area contributed by atoms with E-state index in [-0.39, 0.29) is 5.69 Å². The Morgan fingerprint density at radius 2 is 2.11 bits per heavy atom. The van der Waals surface area contributed by atoms with Crippen LogP contribution in [0, 0.1) is 21.4 Å². The van der Waals surface area contributed by atoms with Crippen LogP contribution < -0.4 is 0 Å². The van der Waals surface area contributed by atoms with Gasteiger partial charge in [-0.15, -0.1) is 11.3 Å². The molecule has 1 aromatic carbocycles. The maximum absolute atomic E-state index is 11.0. The third-order valence-electron chi connectivity index (χ3n) is 2.70. The molecule has 0 saturated heterocycles. The van der Waals surface area contributed by atoms with Crippen molar-refractivity contribution in [1.82, 2.24) is 4.98 Å². The largest absolute Gasteiger partial charge is 0.278 e. The first-order chi connectivity index (χ1) is 8.95. The minimum Gasteiger partial charge on any atom is -0.258 e. The van der Waals surface area contributed by atoms with E-state index in [0.29, 0.717) is 16.3 Å². The summed E-state index contributed by atoms with van der Waals surface area (Å²) in [4.78, 5) is 14.9. The number of thiazole rings is 1. The second-order valence-electron chi connectivity index (χ2n) is 4.55. The zero-order valence-corrected chi connectivity index (χ0v) is 11.3. The van der Waals surface area contributed by atoms with Crippen molar-refractivity contribution in [1.29, 1.82) is 5.26 Å². The van der Waals surface area contributed by atoms with Gasteiger partial charge < -0.3 is 0 Å². The van der Waals surface area contributed by atoms with Crippen molar-refractivity contribution in [2.75, 3.05) is 0 Å². The molecule has 0 unspecified atom stereocenters. The molecular formula is C13H11N3O2S. The highest BCUT2D eigenvalue weighted by molar-refractivity contribution is 7.10. The summed E-state index contributed by atoms with van der Waals surface area (Å²) in [6.07, 6.45) is 0. The fraction of sp³-hybridized carbons (Fsp3) is 0.231. The molecule has 0 spiro atoms. The maximum Gasteiger partial charge on any atom is 0.278 e. The van der Waals surface area contributed by atoms with Gasteiger partial charge in [-0.1, -0.05) is 12.1 Å². The molecule has 19 heavy (non-hydrogen) atoms. The van der Waals surface area contributed by atoms with E-state index >= 15 is 0 Å². The fourth-order valence-corrected chi connectivity index (χ4v) is 2.48. The van der Waals surface area contributed by atoms with Crippen LogP contribution in [0.1, 0.15) is 18.9 Å². The molecule has 0 amide bonds. The highest BCUT2D eigenvalue weighted by Crippen LogP contribution is 2.33. The summed E-state index contributed by atoms with van der Waals surface area (Å²) in [6, 6.07) is 8.64. The number of para-hydroxylation sites is 1. The van der Waals surface area contributed by atoms with E-state index < -0.39 is 10.3 Å². The predicted molar refractivity (Wildman–Crippen MR) is 72.8 cm³/mol. The molecule has 2 rings (SSSR count). The molecule has 5 nitrogen and oxygen atoms in total. The number of aromatic nitrogens is 1. The first kappa shape index (κ1) is 13.2. The zero-order chi connectivity index (χ0) is 14.0. The van der Waals surface area contributed by atoms with Gasteiger partial charge in [-0.25, -0.2) is 4.98 Å². The highest BCUT2D eigenvalue weighted by Gasteiger charge is 2.25. The van der Waals surface area contributed by atoms with Gasteiger partial charge in [-0.2, -0.15) is 5.26 Å². The average Bonchev–Trinajstić information content (AvgIpc) is 2.89.